The van der Waals surface area contributed by atoms with Gasteiger partial charge in [0.05, 0.1) is 0 Å². The third kappa shape index (κ3) is 8.22. The van der Waals surface area contributed by atoms with Gasteiger partial charge in [-0.2, -0.15) is 0 Å². The summed E-state index contributed by atoms with van der Waals surface area (Å²) in [5.74, 6) is 1.21. The van der Waals surface area contributed by atoms with Crippen LogP contribution in [0.15, 0.2) is 60.7 Å². The molecule has 0 saturated carbocycles. The molecule has 0 aliphatic rings. The predicted molar refractivity (Wildman–Crippen MR) is 136 cm³/mol. The SMILES string of the molecule is CCCCC(CC)C[O][Sn]([O]CC(CC)CCCC)([c]1ccccc1)[c]1ccccc1. The molecule has 0 bridgehead atoms. The van der Waals surface area contributed by atoms with Gasteiger partial charge in [-0.05, 0) is 0 Å². The Labute approximate surface area is 196 Å². The van der Waals surface area contributed by atoms with E-state index >= 15 is 0 Å². The maximum atomic E-state index is 7.04. The average Bonchev–Trinajstić information content (AvgIpc) is 2.84. The molecule has 0 spiro atoms. The van der Waals surface area contributed by atoms with E-state index in [2.05, 4.69) is 88.4 Å². The molecule has 0 amide bonds. The van der Waals surface area contributed by atoms with E-state index in [4.69, 9.17) is 6.15 Å². The van der Waals surface area contributed by atoms with E-state index in [9.17, 15) is 0 Å². The Hall–Kier alpha value is -0.841. The van der Waals surface area contributed by atoms with E-state index < -0.39 is 19.2 Å². The fourth-order valence-electron chi connectivity index (χ4n) is 4.12. The van der Waals surface area contributed by atoms with Crippen molar-refractivity contribution < 1.29 is 6.15 Å². The van der Waals surface area contributed by atoms with E-state index in [1.807, 2.05) is 0 Å². The van der Waals surface area contributed by atoms with Crippen LogP contribution >= 0.6 is 0 Å². The molecule has 31 heavy (non-hydrogen) atoms. The fourth-order valence-corrected chi connectivity index (χ4v) is 13.5. The summed E-state index contributed by atoms with van der Waals surface area (Å²) in [5.41, 5.74) is 0. The van der Waals surface area contributed by atoms with Gasteiger partial charge in [-0.3, -0.25) is 0 Å². The summed E-state index contributed by atoms with van der Waals surface area (Å²) in [5, 5.41) is 0. The fraction of sp³-hybridized carbons (Fsp3) is 0.571. The van der Waals surface area contributed by atoms with Crippen molar-refractivity contribution in [2.75, 3.05) is 13.2 Å². The number of rotatable bonds is 16. The first-order chi connectivity index (χ1) is 15.2. The number of hydrogen-bond donors (Lipinski definition) is 0. The molecule has 0 heterocycles. The standard InChI is InChI=1S/2C8H17O.2C6H5.Sn/c2*1-3-5-6-8(4-2)7-9;2*1-2-4-6-5-3-1;/h2*8H,3-7H2,1-2H3;2*1-5H;/q2*-1;;;+2. The molecule has 2 rings (SSSR count). The molecule has 2 unspecified atom stereocenters. The van der Waals surface area contributed by atoms with E-state index in [0.717, 1.165) is 13.2 Å². The zero-order chi connectivity index (χ0) is 22.4. The topological polar surface area (TPSA) is 18.5 Å². The van der Waals surface area contributed by atoms with Gasteiger partial charge in [0, 0.05) is 0 Å². The van der Waals surface area contributed by atoms with Crippen molar-refractivity contribution in [2.45, 2.75) is 79.1 Å². The Morgan fingerprint density at radius 2 is 1.00 bits per heavy atom. The van der Waals surface area contributed by atoms with E-state index in [1.54, 1.807) is 0 Å². The molecule has 0 aliphatic carbocycles. The van der Waals surface area contributed by atoms with Gasteiger partial charge < -0.3 is 0 Å². The molecule has 0 N–H and O–H groups in total. The summed E-state index contributed by atoms with van der Waals surface area (Å²) >= 11 is -3.77. The Morgan fingerprint density at radius 1 is 0.613 bits per heavy atom. The van der Waals surface area contributed by atoms with Crippen LogP contribution in [-0.4, -0.2) is 32.4 Å². The van der Waals surface area contributed by atoms with Crippen LogP contribution in [0.3, 0.4) is 0 Å². The monoisotopic (exact) mass is 532 g/mol. The van der Waals surface area contributed by atoms with Gasteiger partial charge in [-0.15, -0.1) is 0 Å². The van der Waals surface area contributed by atoms with Gasteiger partial charge in [0.25, 0.3) is 0 Å². The van der Waals surface area contributed by atoms with Gasteiger partial charge in [-0.25, -0.2) is 0 Å². The van der Waals surface area contributed by atoms with Crippen LogP contribution in [0.4, 0.5) is 0 Å². The van der Waals surface area contributed by atoms with E-state index in [0.29, 0.717) is 11.8 Å². The van der Waals surface area contributed by atoms with Gasteiger partial charge >= 0.3 is 197 Å². The molecule has 2 aromatic carbocycles. The van der Waals surface area contributed by atoms with Gasteiger partial charge in [0.15, 0.2) is 0 Å². The Bertz CT molecular complexity index is 627. The van der Waals surface area contributed by atoms with Crippen molar-refractivity contribution in [3.8, 4) is 0 Å². The zero-order valence-corrected chi connectivity index (χ0v) is 23.2. The van der Waals surface area contributed by atoms with E-state index in [-0.39, 0.29) is 0 Å². The molecule has 0 aliphatic heterocycles. The van der Waals surface area contributed by atoms with Crippen molar-refractivity contribution in [1.29, 1.82) is 0 Å². The van der Waals surface area contributed by atoms with Crippen LogP contribution in [0.25, 0.3) is 0 Å². The second-order valence-corrected chi connectivity index (χ2v) is 17.3. The van der Waals surface area contributed by atoms with Crippen LogP contribution < -0.4 is 7.16 Å². The molecule has 0 aromatic heterocycles. The molecule has 2 atom stereocenters. The summed E-state index contributed by atoms with van der Waals surface area (Å²) in [4.78, 5) is 0. The molecule has 2 aromatic rings. The first kappa shape index (κ1) is 26.4. The summed E-state index contributed by atoms with van der Waals surface area (Å²) < 4.78 is 16.7. The average molecular weight is 531 g/mol. The van der Waals surface area contributed by atoms with Crippen molar-refractivity contribution in [2.24, 2.45) is 11.8 Å². The van der Waals surface area contributed by atoms with Crippen molar-refractivity contribution in [1.82, 2.24) is 0 Å². The van der Waals surface area contributed by atoms with Gasteiger partial charge in [-0.1, -0.05) is 0 Å². The molecule has 0 saturated heterocycles. The number of hydrogen-bond acceptors (Lipinski definition) is 2. The van der Waals surface area contributed by atoms with Gasteiger partial charge in [0.2, 0.25) is 0 Å². The van der Waals surface area contributed by atoms with Crippen molar-refractivity contribution in [3.05, 3.63) is 60.7 Å². The number of benzene rings is 2. The predicted octanol–water partition coefficient (Wildman–Crippen LogP) is 6.71. The first-order valence-corrected chi connectivity index (χ1v) is 17.8. The summed E-state index contributed by atoms with van der Waals surface area (Å²) in [6, 6.07) is 21.7. The second kappa shape index (κ2) is 15.1. The van der Waals surface area contributed by atoms with Crippen LogP contribution in [0.5, 0.6) is 0 Å². The summed E-state index contributed by atoms with van der Waals surface area (Å²) in [6.45, 7) is 10.8. The summed E-state index contributed by atoms with van der Waals surface area (Å²) in [7, 11) is 0. The molecule has 172 valence electrons. The minimum atomic E-state index is -3.77. The van der Waals surface area contributed by atoms with Crippen LogP contribution in [0.1, 0.15) is 79.1 Å². The molecular formula is C28H44O2Sn. The van der Waals surface area contributed by atoms with Crippen LogP contribution in [0.2, 0.25) is 0 Å². The third-order valence-corrected chi connectivity index (χ3v) is 16.0. The Kier molecular flexibility index (Phi) is 12.8. The van der Waals surface area contributed by atoms with Crippen LogP contribution in [0, 0.1) is 11.8 Å². The molecule has 0 fully saturated rings. The third-order valence-electron chi connectivity index (χ3n) is 6.44. The van der Waals surface area contributed by atoms with E-state index in [1.165, 1.54) is 58.5 Å². The quantitative estimate of drug-likeness (QED) is 0.224. The molecular weight excluding hydrogens is 487 g/mol. The first-order valence-electron chi connectivity index (χ1n) is 12.6. The molecule has 2 nitrogen and oxygen atoms in total. The van der Waals surface area contributed by atoms with Crippen molar-refractivity contribution in [3.63, 3.8) is 0 Å². The molecule has 3 heteroatoms. The summed E-state index contributed by atoms with van der Waals surface area (Å²) in [6.07, 6.45) is 9.86. The second-order valence-electron chi connectivity index (χ2n) is 8.80. The number of unbranched alkanes of at least 4 members (excludes halogenated alkanes) is 2. The Morgan fingerprint density at radius 3 is 1.32 bits per heavy atom. The maximum absolute atomic E-state index is 7.04. The normalized spacial score (nSPS) is 13.8. The van der Waals surface area contributed by atoms with Crippen LogP contribution in [-0.2, 0) is 6.15 Å². The van der Waals surface area contributed by atoms with Gasteiger partial charge in [0.1, 0.15) is 0 Å². The molecule has 0 radical (unpaired) electrons. The zero-order valence-electron chi connectivity index (χ0n) is 20.3. The van der Waals surface area contributed by atoms with Crippen molar-refractivity contribution >= 4 is 26.4 Å². The minimum absolute atomic E-state index is 0.606. The Balaban J connectivity index is 2.36.